The Labute approximate surface area is 145 Å². The molecule has 1 fully saturated rings. The number of anilines is 1. The molecule has 128 valence electrons. The van der Waals surface area contributed by atoms with Crippen LogP contribution in [-0.4, -0.2) is 23.9 Å². The van der Waals surface area contributed by atoms with Crippen molar-refractivity contribution in [3.05, 3.63) is 69.3 Å². The van der Waals surface area contributed by atoms with Gasteiger partial charge in [-0.25, -0.2) is 0 Å². The van der Waals surface area contributed by atoms with Gasteiger partial charge in [0.15, 0.2) is 0 Å². The smallest absolute Gasteiger partial charge is 0.293 e. The molecule has 0 heterocycles. The number of carbonyl (C=O) groups excluding carboxylic acids is 1. The zero-order valence-electron chi connectivity index (χ0n) is 13.9. The first-order valence-corrected chi connectivity index (χ1v) is 8.45. The van der Waals surface area contributed by atoms with Gasteiger partial charge in [-0.3, -0.25) is 14.9 Å². The Hall–Kier alpha value is -2.89. The highest BCUT2D eigenvalue weighted by Crippen LogP contribution is 2.56. The van der Waals surface area contributed by atoms with Gasteiger partial charge < -0.3 is 10.6 Å². The van der Waals surface area contributed by atoms with E-state index in [1.165, 1.54) is 24.2 Å². The molecule has 0 aromatic heterocycles. The van der Waals surface area contributed by atoms with Crippen molar-refractivity contribution >= 4 is 17.3 Å². The van der Waals surface area contributed by atoms with Gasteiger partial charge in [0.2, 0.25) is 0 Å². The van der Waals surface area contributed by atoms with E-state index in [9.17, 15) is 14.9 Å². The topological polar surface area (TPSA) is 84.3 Å². The average molecular weight is 337 g/mol. The SMILES string of the molecule is CNC(=O)c1ccc(NC2C3CCc4ccccc4C32)c([N+](=O)[O-])c1. The first kappa shape index (κ1) is 15.6. The maximum absolute atomic E-state index is 11.7. The number of fused-ring (bicyclic) bond motifs is 3. The molecule has 2 aromatic carbocycles. The van der Waals surface area contributed by atoms with Crippen molar-refractivity contribution in [3.63, 3.8) is 0 Å². The number of carbonyl (C=O) groups is 1. The summed E-state index contributed by atoms with van der Waals surface area (Å²) < 4.78 is 0. The molecule has 0 aliphatic heterocycles. The maximum Gasteiger partial charge on any atom is 0.293 e. The van der Waals surface area contributed by atoms with Crippen LogP contribution < -0.4 is 10.6 Å². The summed E-state index contributed by atoms with van der Waals surface area (Å²) in [7, 11) is 1.51. The number of nitrogens with one attached hydrogen (secondary N) is 2. The Balaban J connectivity index is 1.60. The summed E-state index contributed by atoms with van der Waals surface area (Å²) >= 11 is 0. The van der Waals surface area contributed by atoms with Crippen LogP contribution in [0.25, 0.3) is 0 Å². The number of aryl methyl sites for hydroxylation is 1. The van der Waals surface area contributed by atoms with Crippen molar-refractivity contribution in [2.45, 2.75) is 24.8 Å². The van der Waals surface area contributed by atoms with Gasteiger partial charge in [-0.05, 0) is 42.0 Å². The second-order valence-electron chi connectivity index (χ2n) is 6.67. The van der Waals surface area contributed by atoms with Crippen LogP contribution in [0.1, 0.15) is 33.8 Å². The number of amides is 1. The van der Waals surface area contributed by atoms with E-state index in [-0.39, 0.29) is 17.6 Å². The molecule has 1 amide bonds. The van der Waals surface area contributed by atoms with Gasteiger partial charge in [-0.15, -0.1) is 0 Å². The normalized spacial score (nSPS) is 23.2. The first-order chi connectivity index (χ1) is 12.1. The van der Waals surface area contributed by atoms with Crippen molar-refractivity contribution in [1.29, 1.82) is 0 Å². The number of nitro groups is 1. The van der Waals surface area contributed by atoms with E-state index in [1.54, 1.807) is 12.1 Å². The standard InChI is InChI=1S/C19H19N3O3/c1-20-19(23)12-7-9-15(16(10-12)22(24)25)21-18-14-8-6-11-4-2-3-5-13(11)17(14)18/h2-5,7,9-10,14,17-18,21H,6,8H2,1H3,(H,20,23). The first-order valence-electron chi connectivity index (χ1n) is 8.45. The highest BCUT2D eigenvalue weighted by Gasteiger charge is 2.53. The van der Waals surface area contributed by atoms with Crippen molar-refractivity contribution in [2.24, 2.45) is 5.92 Å². The predicted molar refractivity (Wildman–Crippen MR) is 94.9 cm³/mol. The number of nitrogens with zero attached hydrogens (tertiary/aromatic N) is 1. The number of hydrogen-bond acceptors (Lipinski definition) is 4. The van der Waals surface area contributed by atoms with Gasteiger partial charge in [0, 0.05) is 30.6 Å². The van der Waals surface area contributed by atoms with Crippen LogP contribution in [-0.2, 0) is 6.42 Å². The van der Waals surface area contributed by atoms with Crippen LogP contribution in [0.3, 0.4) is 0 Å². The van der Waals surface area contributed by atoms with E-state index >= 15 is 0 Å². The van der Waals surface area contributed by atoms with Crippen molar-refractivity contribution < 1.29 is 9.72 Å². The molecule has 3 unspecified atom stereocenters. The lowest BCUT2D eigenvalue weighted by molar-refractivity contribution is -0.384. The van der Waals surface area contributed by atoms with E-state index < -0.39 is 4.92 Å². The second-order valence-corrected chi connectivity index (χ2v) is 6.67. The minimum Gasteiger partial charge on any atom is -0.376 e. The van der Waals surface area contributed by atoms with Gasteiger partial charge in [-0.2, -0.15) is 0 Å². The quantitative estimate of drug-likeness (QED) is 0.663. The third-order valence-electron chi connectivity index (χ3n) is 5.34. The highest BCUT2D eigenvalue weighted by molar-refractivity contribution is 5.95. The average Bonchev–Trinajstić information content (AvgIpc) is 3.34. The Morgan fingerprint density at radius 2 is 2.04 bits per heavy atom. The van der Waals surface area contributed by atoms with Gasteiger partial charge >= 0.3 is 0 Å². The summed E-state index contributed by atoms with van der Waals surface area (Å²) in [6, 6.07) is 13.3. The van der Waals surface area contributed by atoms with Crippen molar-refractivity contribution in [3.8, 4) is 0 Å². The molecule has 2 aliphatic carbocycles. The van der Waals surface area contributed by atoms with E-state index in [1.807, 2.05) is 0 Å². The minimum absolute atomic E-state index is 0.0574. The monoisotopic (exact) mass is 337 g/mol. The molecule has 6 nitrogen and oxygen atoms in total. The Morgan fingerprint density at radius 1 is 1.24 bits per heavy atom. The third-order valence-corrected chi connectivity index (χ3v) is 5.34. The molecule has 6 heteroatoms. The van der Waals surface area contributed by atoms with E-state index in [0.717, 1.165) is 12.8 Å². The molecule has 0 bridgehead atoms. The van der Waals surface area contributed by atoms with Gasteiger partial charge in [0.1, 0.15) is 5.69 Å². The van der Waals surface area contributed by atoms with Crippen LogP contribution in [0.15, 0.2) is 42.5 Å². The Bertz CT molecular complexity index is 865. The molecular weight excluding hydrogens is 318 g/mol. The summed E-state index contributed by atoms with van der Waals surface area (Å²) in [5.74, 6) is 0.611. The molecular formula is C19H19N3O3. The number of benzene rings is 2. The highest BCUT2D eigenvalue weighted by atomic mass is 16.6. The third kappa shape index (κ3) is 2.63. The van der Waals surface area contributed by atoms with Gasteiger partial charge in [0.25, 0.3) is 11.6 Å². The molecule has 0 radical (unpaired) electrons. The van der Waals surface area contributed by atoms with Crippen molar-refractivity contribution in [2.75, 3.05) is 12.4 Å². The van der Waals surface area contributed by atoms with Crippen LogP contribution in [0, 0.1) is 16.0 Å². The van der Waals surface area contributed by atoms with E-state index in [2.05, 4.69) is 34.9 Å². The van der Waals surface area contributed by atoms with Crippen molar-refractivity contribution in [1.82, 2.24) is 5.32 Å². The van der Waals surface area contributed by atoms with E-state index in [4.69, 9.17) is 0 Å². The Kier molecular flexibility index (Phi) is 3.67. The molecule has 25 heavy (non-hydrogen) atoms. The summed E-state index contributed by atoms with van der Waals surface area (Å²) in [4.78, 5) is 22.7. The molecule has 1 saturated carbocycles. The molecule has 2 N–H and O–H groups in total. The molecule has 2 aromatic rings. The molecule has 3 atom stereocenters. The number of hydrogen-bond donors (Lipinski definition) is 2. The second kappa shape index (κ2) is 5.88. The van der Waals surface area contributed by atoms with E-state index in [0.29, 0.717) is 23.1 Å². The predicted octanol–water partition coefficient (Wildman–Crippen LogP) is 3.09. The fourth-order valence-corrected chi connectivity index (χ4v) is 4.03. The summed E-state index contributed by atoms with van der Waals surface area (Å²) in [5, 5.41) is 17.3. The fourth-order valence-electron chi connectivity index (χ4n) is 4.03. The van der Waals surface area contributed by atoms with Crippen LogP contribution in [0.5, 0.6) is 0 Å². The molecule has 2 aliphatic rings. The van der Waals surface area contributed by atoms with Crippen LogP contribution >= 0.6 is 0 Å². The van der Waals surface area contributed by atoms with Gasteiger partial charge in [0.05, 0.1) is 4.92 Å². The molecule has 0 saturated heterocycles. The maximum atomic E-state index is 11.7. The lowest BCUT2D eigenvalue weighted by atomic mass is 9.92. The van der Waals surface area contributed by atoms with Crippen LogP contribution in [0.2, 0.25) is 0 Å². The number of rotatable bonds is 4. The largest absolute Gasteiger partial charge is 0.376 e. The number of nitro benzene ring substituents is 1. The summed E-state index contributed by atoms with van der Waals surface area (Å²) in [5.41, 5.74) is 3.46. The zero-order chi connectivity index (χ0) is 17.6. The zero-order valence-corrected chi connectivity index (χ0v) is 13.9. The fraction of sp³-hybridized carbons (Fsp3) is 0.316. The van der Waals surface area contributed by atoms with Gasteiger partial charge in [-0.1, -0.05) is 24.3 Å². The summed E-state index contributed by atoms with van der Waals surface area (Å²) in [6.07, 6.45) is 2.16. The lowest BCUT2D eigenvalue weighted by Gasteiger charge is -2.13. The Morgan fingerprint density at radius 3 is 2.80 bits per heavy atom. The molecule has 4 rings (SSSR count). The molecule has 0 spiro atoms. The summed E-state index contributed by atoms with van der Waals surface area (Å²) in [6.45, 7) is 0. The lowest BCUT2D eigenvalue weighted by Crippen LogP contribution is -2.18. The minimum atomic E-state index is -0.436. The van der Waals surface area contributed by atoms with Crippen LogP contribution in [0.4, 0.5) is 11.4 Å².